The standard InChI is InChI=1S/C24H21N5O2/c30-23-19-9-5-4-8-18(19)21(27-28-23)24(31)29-14-11-16(12-15-29)20-10-13-25-22(26-20)17-6-2-1-3-7-17/h1-10,13,16H,11-12,14-15H2,(H,28,30). The first-order valence-corrected chi connectivity index (χ1v) is 10.4. The van der Waals surface area contributed by atoms with Crippen LogP contribution in [0.4, 0.5) is 0 Å². The number of piperidine rings is 1. The Morgan fingerprint density at radius 1 is 0.935 bits per heavy atom. The molecule has 154 valence electrons. The summed E-state index contributed by atoms with van der Waals surface area (Å²) in [5.74, 6) is 0.842. The lowest BCUT2D eigenvalue weighted by Crippen LogP contribution is -2.39. The van der Waals surface area contributed by atoms with E-state index in [0.717, 1.165) is 29.9 Å². The van der Waals surface area contributed by atoms with E-state index in [1.807, 2.05) is 47.4 Å². The summed E-state index contributed by atoms with van der Waals surface area (Å²) in [6, 6.07) is 19.0. The van der Waals surface area contributed by atoms with Crippen molar-refractivity contribution in [1.29, 1.82) is 0 Å². The van der Waals surface area contributed by atoms with Crippen LogP contribution in [0, 0.1) is 0 Å². The van der Waals surface area contributed by atoms with Crippen LogP contribution in [0.2, 0.25) is 0 Å². The van der Waals surface area contributed by atoms with Crippen molar-refractivity contribution in [2.24, 2.45) is 0 Å². The highest BCUT2D eigenvalue weighted by Gasteiger charge is 2.27. The van der Waals surface area contributed by atoms with Crippen LogP contribution in [0.3, 0.4) is 0 Å². The van der Waals surface area contributed by atoms with E-state index in [1.54, 1.807) is 24.4 Å². The number of fused-ring (bicyclic) bond motifs is 1. The second-order valence-electron chi connectivity index (χ2n) is 7.68. The molecule has 1 aliphatic heterocycles. The molecule has 1 N–H and O–H groups in total. The number of aromatic amines is 1. The fourth-order valence-electron chi connectivity index (χ4n) is 4.13. The van der Waals surface area contributed by atoms with E-state index in [4.69, 9.17) is 4.98 Å². The van der Waals surface area contributed by atoms with E-state index in [0.29, 0.717) is 29.6 Å². The molecule has 7 nitrogen and oxygen atoms in total. The topological polar surface area (TPSA) is 91.8 Å². The Balaban J connectivity index is 1.33. The monoisotopic (exact) mass is 411 g/mol. The molecule has 5 rings (SSSR count). The van der Waals surface area contributed by atoms with Crippen molar-refractivity contribution in [3.63, 3.8) is 0 Å². The molecule has 1 aliphatic rings. The second kappa shape index (κ2) is 8.10. The van der Waals surface area contributed by atoms with E-state index in [1.165, 1.54) is 0 Å². The predicted octanol–water partition coefficient (Wildman–Crippen LogP) is 3.40. The van der Waals surface area contributed by atoms with Gasteiger partial charge in [-0.3, -0.25) is 9.59 Å². The minimum atomic E-state index is -0.288. The SMILES string of the molecule is O=C(c1n[nH]c(=O)c2ccccc12)N1CCC(c2ccnc(-c3ccccc3)n2)CC1. The summed E-state index contributed by atoms with van der Waals surface area (Å²) >= 11 is 0. The number of hydrogen-bond donors (Lipinski definition) is 1. The molecule has 0 unspecified atom stereocenters. The van der Waals surface area contributed by atoms with Crippen LogP contribution >= 0.6 is 0 Å². The van der Waals surface area contributed by atoms with Crippen molar-refractivity contribution in [3.05, 3.63) is 88.6 Å². The van der Waals surface area contributed by atoms with Gasteiger partial charge in [-0.15, -0.1) is 0 Å². The molecule has 1 amide bonds. The maximum atomic E-state index is 13.1. The van der Waals surface area contributed by atoms with Gasteiger partial charge in [0.15, 0.2) is 11.5 Å². The summed E-state index contributed by atoms with van der Waals surface area (Å²) < 4.78 is 0. The number of carbonyl (C=O) groups excluding carboxylic acids is 1. The van der Waals surface area contributed by atoms with Gasteiger partial charge in [0, 0.05) is 41.8 Å². The summed E-state index contributed by atoms with van der Waals surface area (Å²) in [4.78, 5) is 36.1. The van der Waals surface area contributed by atoms with Crippen molar-refractivity contribution in [2.75, 3.05) is 13.1 Å². The zero-order chi connectivity index (χ0) is 21.2. The highest BCUT2D eigenvalue weighted by atomic mass is 16.2. The number of rotatable bonds is 3. The lowest BCUT2D eigenvalue weighted by molar-refractivity contribution is 0.0707. The fourth-order valence-corrected chi connectivity index (χ4v) is 4.13. The Kier molecular flexibility index (Phi) is 5.00. The van der Waals surface area contributed by atoms with Gasteiger partial charge in [-0.2, -0.15) is 5.10 Å². The largest absolute Gasteiger partial charge is 0.337 e. The quantitative estimate of drug-likeness (QED) is 0.558. The smallest absolute Gasteiger partial charge is 0.274 e. The predicted molar refractivity (Wildman–Crippen MR) is 118 cm³/mol. The average molecular weight is 411 g/mol. The zero-order valence-electron chi connectivity index (χ0n) is 16.9. The minimum absolute atomic E-state index is 0.154. The molecule has 1 saturated heterocycles. The molecular formula is C24H21N5O2. The molecule has 0 aliphatic carbocycles. The third kappa shape index (κ3) is 3.70. The number of aromatic nitrogens is 4. The molecule has 0 saturated carbocycles. The van der Waals surface area contributed by atoms with E-state index < -0.39 is 0 Å². The van der Waals surface area contributed by atoms with E-state index in [9.17, 15) is 9.59 Å². The van der Waals surface area contributed by atoms with Crippen molar-refractivity contribution in [2.45, 2.75) is 18.8 Å². The Morgan fingerprint density at radius 2 is 1.65 bits per heavy atom. The van der Waals surface area contributed by atoms with Crippen molar-refractivity contribution < 1.29 is 4.79 Å². The van der Waals surface area contributed by atoms with Crippen molar-refractivity contribution in [1.82, 2.24) is 25.1 Å². The van der Waals surface area contributed by atoms with Gasteiger partial charge in [0.1, 0.15) is 0 Å². The van der Waals surface area contributed by atoms with Crippen LogP contribution in [0.5, 0.6) is 0 Å². The first-order chi connectivity index (χ1) is 15.2. The molecule has 3 heterocycles. The molecule has 4 aromatic rings. The van der Waals surface area contributed by atoms with Crippen molar-refractivity contribution in [3.8, 4) is 11.4 Å². The Bertz CT molecular complexity index is 1290. The molecular weight excluding hydrogens is 390 g/mol. The normalized spacial score (nSPS) is 14.6. The Labute approximate surface area is 178 Å². The zero-order valence-corrected chi connectivity index (χ0v) is 16.9. The van der Waals surface area contributed by atoms with Crippen molar-refractivity contribution >= 4 is 16.7 Å². The number of likely N-dealkylation sites (tertiary alicyclic amines) is 1. The molecule has 0 radical (unpaired) electrons. The lowest BCUT2D eigenvalue weighted by atomic mass is 9.93. The maximum absolute atomic E-state index is 13.1. The lowest BCUT2D eigenvalue weighted by Gasteiger charge is -2.31. The van der Waals surface area contributed by atoms with E-state index in [2.05, 4.69) is 15.2 Å². The third-order valence-electron chi connectivity index (χ3n) is 5.81. The molecule has 0 spiro atoms. The molecule has 2 aromatic carbocycles. The fraction of sp³-hybridized carbons (Fsp3) is 0.208. The highest BCUT2D eigenvalue weighted by Crippen LogP contribution is 2.29. The first kappa shape index (κ1) is 19.1. The van der Waals surface area contributed by atoms with Crippen LogP contribution in [0.1, 0.15) is 34.9 Å². The van der Waals surface area contributed by atoms with Gasteiger partial charge in [0.2, 0.25) is 0 Å². The van der Waals surface area contributed by atoms with Gasteiger partial charge in [-0.05, 0) is 25.0 Å². The number of carbonyl (C=O) groups is 1. The summed E-state index contributed by atoms with van der Waals surface area (Å²) in [6.45, 7) is 1.23. The molecule has 7 heteroatoms. The first-order valence-electron chi connectivity index (χ1n) is 10.4. The molecule has 0 bridgehead atoms. The van der Waals surface area contributed by atoms with Crippen LogP contribution < -0.4 is 5.56 Å². The third-order valence-corrected chi connectivity index (χ3v) is 5.81. The number of benzene rings is 2. The summed E-state index contributed by atoms with van der Waals surface area (Å²) in [6.07, 6.45) is 3.44. The van der Waals surface area contributed by atoms with E-state index >= 15 is 0 Å². The van der Waals surface area contributed by atoms with Gasteiger partial charge in [-0.1, -0.05) is 48.5 Å². The summed E-state index contributed by atoms with van der Waals surface area (Å²) in [5, 5.41) is 7.57. The van der Waals surface area contributed by atoms with Crippen LogP contribution in [-0.2, 0) is 0 Å². The van der Waals surface area contributed by atoms with Gasteiger partial charge in [0.25, 0.3) is 11.5 Å². The Morgan fingerprint density at radius 3 is 2.42 bits per heavy atom. The molecule has 31 heavy (non-hydrogen) atoms. The van der Waals surface area contributed by atoms with Gasteiger partial charge in [0.05, 0.1) is 5.39 Å². The highest BCUT2D eigenvalue weighted by molar-refractivity contribution is 6.04. The number of H-pyrrole nitrogens is 1. The number of hydrogen-bond acceptors (Lipinski definition) is 5. The van der Waals surface area contributed by atoms with E-state index in [-0.39, 0.29) is 17.4 Å². The minimum Gasteiger partial charge on any atom is -0.337 e. The summed E-state index contributed by atoms with van der Waals surface area (Å²) in [5.41, 5.74) is 2.01. The van der Waals surface area contributed by atoms with Gasteiger partial charge in [-0.25, -0.2) is 15.1 Å². The molecule has 0 atom stereocenters. The number of amides is 1. The number of nitrogens with zero attached hydrogens (tertiary/aromatic N) is 4. The van der Waals surface area contributed by atoms with Crippen LogP contribution in [-0.4, -0.2) is 44.1 Å². The Hall–Kier alpha value is -3.87. The summed E-state index contributed by atoms with van der Waals surface area (Å²) in [7, 11) is 0. The van der Waals surface area contributed by atoms with Gasteiger partial charge >= 0.3 is 0 Å². The molecule has 2 aromatic heterocycles. The number of nitrogens with one attached hydrogen (secondary N) is 1. The van der Waals surface area contributed by atoms with Crippen LogP contribution in [0.15, 0.2) is 71.7 Å². The second-order valence-corrected chi connectivity index (χ2v) is 7.68. The van der Waals surface area contributed by atoms with Gasteiger partial charge < -0.3 is 4.90 Å². The van der Waals surface area contributed by atoms with Crippen LogP contribution in [0.25, 0.3) is 22.2 Å². The molecule has 1 fully saturated rings. The average Bonchev–Trinajstić information content (AvgIpc) is 2.85. The maximum Gasteiger partial charge on any atom is 0.274 e.